The molecule has 2 aromatic rings. The quantitative estimate of drug-likeness (QED) is 0.812. The maximum Gasteiger partial charge on any atom is 0.336 e. The second-order valence-corrected chi connectivity index (χ2v) is 6.39. The highest BCUT2D eigenvalue weighted by molar-refractivity contribution is 6.01. The number of Topliss-reactive ketones (excluding diaryl/α,β-unsaturated/α-hetero) is 1. The molecule has 0 amide bonds. The number of esters is 1. The Hall–Kier alpha value is -3.15. The van der Waals surface area contributed by atoms with E-state index in [1.807, 2.05) is 37.3 Å². The van der Waals surface area contributed by atoms with Crippen LogP contribution in [0.25, 0.3) is 11.3 Å². The molecule has 0 radical (unpaired) electrons. The van der Waals surface area contributed by atoms with Crippen LogP contribution in [0.5, 0.6) is 0 Å². The monoisotopic (exact) mass is 366 g/mol. The number of allylic oxidation sites excluding steroid dienone is 3. The van der Waals surface area contributed by atoms with E-state index in [0.717, 1.165) is 5.56 Å². The number of ether oxygens (including phenoxy) is 1. The number of rotatable bonds is 5. The molecule has 140 valence electrons. The number of ketones is 1. The molecule has 2 heterocycles. The smallest absolute Gasteiger partial charge is 0.336 e. The largest absolute Gasteiger partial charge is 0.463 e. The van der Waals surface area contributed by atoms with Crippen molar-refractivity contribution in [2.45, 2.75) is 33.6 Å². The second-order valence-electron chi connectivity index (χ2n) is 6.39. The van der Waals surface area contributed by atoms with Gasteiger partial charge in [0.2, 0.25) is 0 Å². The molecule has 1 unspecified atom stereocenters. The lowest BCUT2D eigenvalue weighted by atomic mass is 9.81. The molecule has 0 saturated carbocycles. The van der Waals surface area contributed by atoms with Crippen molar-refractivity contribution in [2.75, 3.05) is 6.61 Å². The average Bonchev–Trinajstić information content (AvgIpc) is 3.11. The van der Waals surface area contributed by atoms with Crippen LogP contribution in [0.4, 0.5) is 0 Å². The number of aromatic nitrogens is 1. The Morgan fingerprint density at radius 1 is 1.15 bits per heavy atom. The number of nitrogens with one attached hydrogen (secondary N) is 1. The summed E-state index contributed by atoms with van der Waals surface area (Å²) in [6.07, 6.45) is 0. The van der Waals surface area contributed by atoms with Crippen molar-refractivity contribution >= 4 is 11.8 Å². The van der Waals surface area contributed by atoms with Crippen LogP contribution in [0.3, 0.4) is 0 Å². The van der Waals surface area contributed by atoms with Crippen molar-refractivity contribution in [3.05, 3.63) is 64.6 Å². The zero-order chi connectivity index (χ0) is 19.6. The lowest BCUT2D eigenvalue weighted by Gasteiger charge is -2.28. The summed E-state index contributed by atoms with van der Waals surface area (Å²) in [7, 11) is 0. The van der Waals surface area contributed by atoms with Gasteiger partial charge in [-0.1, -0.05) is 35.5 Å². The Labute approximate surface area is 157 Å². The van der Waals surface area contributed by atoms with Crippen LogP contribution in [0.1, 0.15) is 39.3 Å². The third-order valence-corrected chi connectivity index (χ3v) is 4.52. The molecule has 0 spiro atoms. The van der Waals surface area contributed by atoms with E-state index in [9.17, 15) is 9.59 Å². The van der Waals surface area contributed by atoms with Gasteiger partial charge in [-0.05, 0) is 27.7 Å². The van der Waals surface area contributed by atoms with Gasteiger partial charge in [0.25, 0.3) is 0 Å². The predicted molar refractivity (Wildman–Crippen MR) is 101 cm³/mol. The fourth-order valence-corrected chi connectivity index (χ4v) is 3.40. The number of carbonyl (C=O) groups excluding carboxylic acids is 2. The molecule has 1 atom stereocenters. The number of nitrogens with zero attached hydrogens (tertiary/aromatic N) is 1. The standard InChI is InChI=1S/C21H22N2O4/c1-5-26-21(25)19-13(3)22-12(2)18(14(4)24)20(19)16-11-17(27-23-16)15-9-7-6-8-10-15/h6-11,20,22H,5H2,1-4H3. The number of benzene rings is 1. The molecule has 0 bridgehead atoms. The first-order valence-electron chi connectivity index (χ1n) is 8.82. The molecule has 27 heavy (non-hydrogen) atoms. The summed E-state index contributed by atoms with van der Waals surface area (Å²) in [5, 5.41) is 7.30. The predicted octanol–water partition coefficient (Wildman–Crippen LogP) is 3.73. The minimum atomic E-state index is -0.635. The summed E-state index contributed by atoms with van der Waals surface area (Å²) in [6.45, 7) is 7.07. The molecule has 0 saturated heterocycles. The number of hydrogen-bond donors (Lipinski definition) is 1. The molecule has 1 aliphatic heterocycles. The molecule has 6 nitrogen and oxygen atoms in total. The summed E-state index contributed by atoms with van der Waals surface area (Å²) >= 11 is 0. The summed E-state index contributed by atoms with van der Waals surface area (Å²) in [5.74, 6) is -0.666. The van der Waals surface area contributed by atoms with Crippen LogP contribution >= 0.6 is 0 Å². The Balaban J connectivity index is 2.12. The van der Waals surface area contributed by atoms with E-state index < -0.39 is 11.9 Å². The van der Waals surface area contributed by atoms with E-state index in [0.29, 0.717) is 34.0 Å². The highest BCUT2D eigenvalue weighted by Gasteiger charge is 2.37. The third kappa shape index (κ3) is 3.56. The van der Waals surface area contributed by atoms with Gasteiger partial charge in [0.1, 0.15) is 0 Å². The Morgan fingerprint density at radius 3 is 2.44 bits per heavy atom. The van der Waals surface area contributed by atoms with Crippen LogP contribution in [-0.4, -0.2) is 23.5 Å². The zero-order valence-electron chi connectivity index (χ0n) is 15.8. The first-order chi connectivity index (χ1) is 12.9. The molecule has 6 heteroatoms. The van der Waals surface area contributed by atoms with Crippen molar-refractivity contribution in [1.82, 2.24) is 10.5 Å². The maximum absolute atomic E-state index is 12.6. The van der Waals surface area contributed by atoms with Gasteiger partial charge in [0, 0.05) is 28.6 Å². The molecule has 1 aliphatic rings. The SMILES string of the molecule is CCOC(=O)C1=C(C)NC(C)=C(C(C)=O)C1c1cc(-c2ccccc2)on1. The van der Waals surface area contributed by atoms with Crippen molar-refractivity contribution in [1.29, 1.82) is 0 Å². The molecular formula is C21H22N2O4. The van der Waals surface area contributed by atoms with Gasteiger partial charge in [-0.2, -0.15) is 0 Å². The fourth-order valence-electron chi connectivity index (χ4n) is 3.40. The van der Waals surface area contributed by atoms with Gasteiger partial charge in [0.15, 0.2) is 11.5 Å². The first kappa shape index (κ1) is 18.6. The Bertz CT molecular complexity index is 938. The minimum Gasteiger partial charge on any atom is -0.463 e. The van der Waals surface area contributed by atoms with E-state index in [-0.39, 0.29) is 12.4 Å². The van der Waals surface area contributed by atoms with Gasteiger partial charge >= 0.3 is 5.97 Å². The van der Waals surface area contributed by atoms with Crippen LogP contribution in [0.2, 0.25) is 0 Å². The lowest BCUT2D eigenvalue weighted by molar-refractivity contribution is -0.138. The van der Waals surface area contributed by atoms with Crippen molar-refractivity contribution < 1.29 is 18.8 Å². The average molecular weight is 366 g/mol. The molecule has 0 aliphatic carbocycles. The van der Waals surface area contributed by atoms with E-state index in [2.05, 4.69) is 10.5 Å². The number of dihydropyridines is 1. The van der Waals surface area contributed by atoms with Gasteiger partial charge in [-0.3, -0.25) is 4.79 Å². The minimum absolute atomic E-state index is 0.136. The van der Waals surface area contributed by atoms with E-state index in [1.165, 1.54) is 6.92 Å². The summed E-state index contributed by atoms with van der Waals surface area (Å²) in [4.78, 5) is 25.0. The normalized spacial score (nSPS) is 17.0. The van der Waals surface area contributed by atoms with Crippen molar-refractivity contribution in [3.8, 4) is 11.3 Å². The first-order valence-corrected chi connectivity index (χ1v) is 8.82. The highest BCUT2D eigenvalue weighted by atomic mass is 16.5. The van der Waals surface area contributed by atoms with Crippen LogP contribution in [0.15, 0.2) is 63.5 Å². The van der Waals surface area contributed by atoms with Crippen molar-refractivity contribution in [3.63, 3.8) is 0 Å². The highest BCUT2D eigenvalue weighted by Crippen LogP contribution is 2.39. The van der Waals surface area contributed by atoms with Crippen LogP contribution in [-0.2, 0) is 14.3 Å². The molecule has 3 rings (SSSR count). The molecule has 1 N–H and O–H groups in total. The van der Waals surface area contributed by atoms with Crippen molar-refractivity contribution in [2.24, 2.45) is 0 Å². The number of hydrogen-bond acceptors (Lipinski definition) is 6. The second kappa shape index (κ2) is 7.61. The summed E-state index contributed by atoms with van der Waals surface area (Å²) < 4.78 is 10.7. The maximum atomic E-state index is 12.6. The topological polar surface area (TPSA) is 81.4 Å². The van der Waals surface area contributed by atoms with Crippen LogP contribution < -0.4 is 5.32 Å². The third-order valence-electron chi connectivity index (χ3n) is 4.52. The van der Waals surface area contributed by atoms with E-state index >= 15 is 0 Å². The Morgan fingerprint density at radius 2 is 1.81 bits per heavy atom. The summed E-state index contributed by atoms with van der Waals surface area (Å²) in [5.41, 5.74) is 3.57. The fraction of sp³-hybridized carbons (Fsp3) is 0.286. The van der Waals surface area contributed by atoms with Gasteiger partial charge < -0.3 is 14.6 Å². The molecule has 1 aromatic carbocycles. The molecular weight excluding hydrogens is 344 g/mol. The van der Waals surface area contributed by atoms with E-state index in [4.69, 9.17) is 9.26 Å². The lowest BCUT2D eigenvalue weighted by Crippen LogP contribution is -2.31. The molecule has 1 aromatic heterocycles. The van der Waals surface area contributed by atoms with E-state index in [1.54, 1.807) is 19.9 Å². The van der Waals surface area contributed by atoms with Gasteiger partial charge in [-0.25, -0.2) is 4.79 Å². The zero-order valence-corrected chi connectivity index (χ0v) is 15.8. The van der Waals surface area contributed by atoms with Gasteiger partial charge in [-0.15, -0.1) is 0 Å². The number of carbonyl (C=O) groups is 2. The molecule has 0 fully saturated rings. The Kier molecular flexibility index (Phi) is 5.26. The van der Waals surface area contributed by atoms with Crippen LogP contribution in [0, 0.1) is 0 Å². The summed E-state index contributed by atoms with van der Waals surface area (Å²) in [6, 6.07) is 11.3. The van der Waals surface area contributed by atoms with Gasteiger partial charge in [0.05, 0.1) is 23.8 Å².